The van der Waals surface area contributed by atoms with Crippen LogP contribution in [0.2, 0.25) is 39.3 Å². The Labute approximate surface area is 316 Å². The first-order valence-electron chi connectivity index (χ1n) is 18.3. The van der Waals surface area contributed by atoms with Crippen molar-refractivity contribution in [2.75, 3.05) is 0 Å². The fourth-order valence-corrected chi connectivity index (χ4v) is 9.21. The molecule has 0 bridgehead atoms. The van der Waals surface area contributed by atoms with Gasteiger partial charge in [-0.1, -0.05) is 135 Å². The van der Waals surface area contributed by atoms with Crippen LogP contribution in [0.1, 0.15) is 97.3 Å². The molecule has 3 radical (unpaired) electrons. The van der Waals surface area contributed by atoms with E-state index < -0.39 is 48.5 Å². The van der Waals surface area contributed by atoms with Crippen molar-refractivity contribution >= 4 is 64.9 Å². The highest BCUT2D eigenvalue weighted by atomic mass is 28.3. The highest BCUT2D eigenvalue weighted by molar-refractivity contribution is 6.87. The van der Waals surface area contributed by atoms with Crippen molar-refractivity contribution in [1.29, 1.82) is 0 Å². The molecule has 0 N–H and O–H groups in total. The molecule has 0 saturated carbocycles. The lowest BCUT2D eigenvalue weighted by Crippen LogP contribution is -2.61. The molecule has 273 valence electrons. The van der Waals surface area contributed by atoms with Gasteiger partial charge in [-0.2, -0.15) is 0 Å². The molecule has 1 aliphatic rings. The molecular formula is C39H60B3O6Si3. The first kappa shape index (κ1) is 42.0. The quantitative estimate of drug-likeness (QED) is 0.174. The largest absolute Gasteiger partial charge is 0.467 e. The smallest absolute Gasteiger partial charge is 0.445 e. The van der Waals surface area contributed by atoms with Gasteiger partial charge in [0.1, 0.15) is 0 Å². The van der Waals surface area contributed by atoms with Crippen LogP contribution in [0.3, 0.4) is 0 Å². The zero-order valence-electron chi connectivity index (χ0n) is 33.8. The topological polar surface area (TPSA) is 55.4 Å². The van der Waals surface area contributed by atoms with Crippen molar-refractivity contribution in [2.45, 2.75) is 120 Å². The summed E-state index contributed by atoms with van der Waals surface area (Å²) in [6.07, 6.45) is 0.00445. The third-order valence-electron chi connectivity index (χ3n) is 8.70. The Morgan fingerprint density at radius 1 is 0.392 bits per heavy atom. The molecule has 4 rings (SSSR count). The molecule has 0 amide bonds. The van der Waals surface area contributed by atoms with Crippen LogP contribution in [0.5, 0.6) is 0 Å². The van der Waals surface area contributed by atoms with Gasteiger partial charge in [0.25, 0.3) is 0 Å². The number of hydrogen-bond donors (Lipinski definition) is 0. The normalized spacial score (nSPS) is 16.7. The average molecular weight is 742 g/mol. The SMILES string of the molecule is C[Si](C)OC(c1ccc(B2OB(c3ccc(C(O[Si](C)C)C(C)(C)C)cc3)OB(c3ccc(C(O[Si](C)C)C(C)(C)C)cc3)O2)cc1)C(C)(C)C. The Balaban J connectivity index is 1.68. The molecular weight excluding hydrogens is 681 g/mol. The summed E-state index contributed by atoms with van der Waals surface area (Å²) in [6.45, 7) is 33.2. The average Bonchev–Trinajstić information content (AvgIpc) is 3.03. The molecule has 3 unspecified atom stereocenters. The van der Waals surface area contributed by atoms with E-state index in [2.05, 4.69) is 174 Å². The number of benzene rings is 3. The van der Waals surface area contributed by atoms with Crippen LogP contribution in [0, 0.1) is 16.2 Å². The predicted molar refractivity (Wildman–Crippen MR) is 221 cm³/mol. The van der Waals surface area contributed by atoms with E-state index in [4.69, 9.17) is 27.0 Å². The van der Waals surface area contributed by atoms with Crippen LogP contribution >= 0.6 is 0 Å². The van der Waals surface area contributed by atoms with Crippen LogP contribution in [-0.4, -0.2) is 48.5 Å². The molecule has 1 aliphatic heterocycles. The van der Waals surface area contributed by atoms with E-state index in [1.54, 1.807) is 0 Å². The summed E-state index contributed by atoms with van der Waals surface area (Å²) in [4.78, 5) is 0. The summed E-state index contributed by atoms with van der Waals surface area (Å²) in [6, 6.07) is 25.5. The first-order valence-corrected chi connectivity index (χ1v) is 25.5. The Morgan fingerprint density at radius 2 is 0.588 bits per heavy atom. The highest BCUT2D eigenvalue weighted by Crippen LogP contribution is 2.38. The highest BCUT2D eigenvalue weighted by Gasteiger charge is 2.44. The van der Waals surface area contributed by atoms with Gasteiger partial charge < -0.3 is 27.0 Å². The fourth-order valence-electron chi connectivity index (χ4n) is 6.33. The molecule has 3 aromatic rings. The Hall–Kier alpha value is -1.73. The first-order chi connectivity index (χ1) is 23.6. The molecule has 0 aromatic heterocycles. The van der Waals surface area contributed by atoms with Crippen molar-refractivity contribution in [2.24, 2.45) is 16.2 Å². The summed E-state index contributed by atoms with van der Waals surface area (Å²) in [5.74, 6) is 0. The van der Waals surface area contributed by atoms with Gasteiger partial charge in [-0.15, -0.1) is 0 Å². The fraction of sp³-hybridized carbons (Fsp3) is 0.538. The predicted octanol–water partition coefficient (Wildman–Crippen LogP) is 8.30. The van der Waals surface area contributed by atoms with Gasteiger partial charge in [0.05, 0.1) is 18.3 Å². The zero-order valence-corrected chi connectivity index (χ0v) is 36.8. The monoisotopic (exact) mass is 741 g/mol. The van der Waals surface area contributed by atoms with Crippen LogP contribution in [0.15, 0.2) is 72.8 Å². The maximum Gasteiger partial charge on any atom is 0.467 e. The second-order valence-corrected chi connectivity index (χ2v) is 23.9. The van der Waals surface area contributed by atoms with E-state index in [-0.39, 0.29) is 34.6 Å². The molecule has 6 nitrogen and oxygen atoms in total. The van der Waals surface area contributed by atoms with Gasteiger partial charge in [-0.25, -0.2) is 0 Å². The van der Waals surface area contributed by atoms with E-state index in [9.17, 15) is 0 Å². The van der Waals surface area contributed by atoms with Gasteiger partial charge in [-0.3, -0.25) is 0 Å². The number of rotatable bonds is 12. The van der Waals surface area contributed by atoms with E-state index in [1.807, 2.05) is 0 Å². The zero-order chi connectivity index (χ0) is 37.9. The van der Waals surface area contributed by atoms with E-state index in [0.717, 1.165) is 33.1 Å². The van der Waals surface area contributed by atoms with E-state index >= 15 is 0 Å². The number of hydrogen-bond acceptors (Lipinski definition) is 6. The third-order valence-corrected chi connectivity index (χ3v) is 10.8. The van der Waals surface area contributed by atoms with Crippen molar-refractivity contribution < 1.29 is 27.0 Å². The van der Waals surface area contributed by atoms with Crippen molar-refractivity contribution in [1.82, 2.24) is 0 Å². The standard InChI is InChI=1S/C39H60B3O6Si3/c1-37(2,3)34(43-49(10)11)28-16-22-31(23-17-28)40-46-41(32-24-18-29(19-25-32)35(38(4,5)6)44-50(12)13)48-42(47-40)33-26-20-30(21-27-33)36(39(7,8)9)45-51(14)15/h16-27,34-36H,1-15H3. The van der Waals surface area contributed by atoms with Gasteiger partial charge in [0.2, 0.25) is 27.1 Å². The minimum atomic E-state index is -0.892. The van der Waals surface area contributed by atoms with Crippen LogP contribution < -0.4 is 16.4 Å². The van der Waals surface area contributed by atoms with Crippen LogP contribution in [0.25, 0.3) is 0 Å². The van der Waals surface area contributed by atoms with Crippen LogP contribution in [-0.2, 0) is 27.0 Å². The van der Waals surface area contributed by atoms with Gasteiger partial charge in [-0.05, 0) is 88.6 Å². The molecule has 1 heterocycles. The Morgan fingerprint density at radius 3 is 0.745 bits per heavy atom. The lowest BCUT2D eigenvalue weighted by Gasteiger charge is -2.34. The maximum absolute atomic E-state index is 6.61. The summed E-state index contributed by atoms with van der Waals surface area (Å²) in [7, 11) is -4.59. The second kappa shape index (κ2) is 17.2. The minimum Gasteiger partial charge on any atom is -0.445 e. The van der Waals surface area contributed by atoms with Gasteiger partial charge >= 0.3 is 21.4 Å². The van der Waals surface area contributed by atoms with Crippen molar-refractivity contribution in [3.63, 3.8) is 0 Å². The van der Waals surface area contributed by atoms with Crippen molar-refractivity contribution in [3.05, 3.63) is 89.5 Å². The third kappa shape index (κ3) is 11.6. The van der Waals surface area contributed by atoms with Gasteiger partial charge in [0.15, 0.2) is 0 Å². The molecule has 51 heavy (non-hydrogen) atoms. The summed E-state index contributed by atoms with van der Waals surface area (Å²) >= 11 is 0. The van der Waals surface area contributed by atoms with E-state index in [0.29, 0.717) is 0 Å². The Kier molecular flexibility index (Phi) is 14.1. The summed E-state index contributed by atoms with van der Waals surface area (Å²) in [5, 5.41) is 0. The van der Waals surface area contributed by atoms with E-state index in [1.165, 1.54) is 0 Å². The second-order valence-electron chi connectivity index (χ2n) is 17.7. The summed E-state index contributed by atoms with van der Waals surface area (Å²) in [5.41, 5.74) is 6.15. The molecule has 1 saturated heterocycles. The van der Waals surface area contributed by atoms with Crippen molar-refractivity contribution in [3.8, 4) is 0 Å². The summed E-state index contributed by atoms with van der Waals surface area (Å²) < 4.78 is 39.3. The lowest BCUT2D eigenvalue weighted by molar-refractivity contribution is 0.0866. The minimum absolute atomic E-state index is 0.00148. The van der Waals surface area contributed by atoms with Gasteiger partial charge in [0, 0.05) is 0 Å². The molecule has 12 heteroatoms. The maximum atomic E-state index is 6.61. The Bertz CT molecular complexity index is 1330. The molecule has 0 aliphatic carbocycles. The lowest BCUT2D eigenvalue weighted by atomic mass is 9.61. The molecule has 0 spiro atoms. The molecule has 3 atom stereocenters. The molecule has 3 aromatic carbocycles. The molecule has 1 fully saturated rings. The van der Waals surface area contributed by atoms with Crippen LogP contribution in [0.4, 0.5) is 0 Å².